The van der Waals surface area contributed by atoms with Gasteiger partial charge in [0.1, 0.15) is 15.7 Å². The highest BCUT2D eigenvalue weighted by Crippen LogP contribution is 2.36. The molecule has 1 aromatic rings. The molecule has 1 aromatic heterocycles. The first-order chi connectivity index (χ1) is 9.91. The molecule has 6 heteroatoms. The second-order valence-corrected chi connectivity index (χ2v) is 8.18. The molecular weight excluding hydrogens is 291 g/mol. The van der Waals surface area contributed by atoms with Crippen molar-refractivity contribution in [2.75, 3.05) is 12.8 Å². The van der Waals surface area contributed by atoms with Crippen molar-refractivity contribution in [1.82, 2.24) is 10.3 Å². The molecule has 1 N–H and O–H groups in total. The second kappa shape index (κ2) is 6.83. The van der Waals surface area contributed by atoms with E-state index in [1.54, 1.807) is 6.20 Å². The van der Waals surface area contributed by atoms with E-state index in [-0.39, 0.29) is 23.0 Å². The second-order valence-electron chi connectivity index (χ2n) is 5.85. The molecule has 118 valence electrons. The summed E-state index contributed by atoms with van der Waals surface area (Å²) in [5.74, 6) is -0.159. The van der Waals surface area contributed by atoms with Crippen LogP contribution in [0.5, 0.6) is 0 Å². The maximum atomic E-state index is 13.4. The van der Waals surface area contributed by atoms with Crippen molar-refractivity contribution < 1.29 is 12.8 Å². The number of nitrogens with zero attached hydrogens (tertiary/aromatic N) is 1. The first kappa shape index (κ1) is 16.4. The Labute approximate surface area is 126 Å². The SMILES string of the molecule is CCNC(c1cncc(F)c1)C1CCCC(S(C)(=O)=O)C1. The maximum Gasteiger partial charge on any atom is 0.150 e. The third kappa shape index (κ3) is 4.23. The van der Waals surface area contributed by atoms with Crippen molar-refractivity contribution in [2.45, 2.75) is 43.9 Å². The van der Waals surface area contributed by atoms with Crippen LogP contribution in [0.15, 0.2) is 18.5 Å². The molecule has 21 heavy (non-hydrogen) atoms. The Morgan fingerprint density at radius 2 is 2.19 bits per heavy atom. The van der Waals surface area contributed by atoms with Gasteiger partial charge in [-0.25, -0.2) is 12.8 Å². The highest BCUT2D eigenvalue weighted by Gasteiger charge is 2.33. The van der Waals surface area contributed by atoms with Crippen LogP contribution >= 0.6 is 0 Å². The van der Waals surface area contributed by atoms with E-state index in [0.717, 1.165) is 31.4 Å². The molecular formula is C15H23FN2O2S. The first-order valence-electron chi connectivity index (χ1n) is 7.44. The molecule has 3 unspecified atom stereocenters. The van der Waals surface area contributed by atoms with Crippen LogP contribution in [-0.2, 0) is 9.84 Å². The number of nitrogens with one attached hydrogen (secondary N) is 1. The van der Waals surface area contributed by atoms with Crippen LogP contribution in [-0.4, -0.2) is 31.5 Å². The Kier molecular flexibility index (Phi) is 5.32. The van der Waals surface area contributed by atoms with Gasteiger partial charge in [0, 0.05) is 18.5 Å². The minimum Gasteiger partial charge on any atom is -0.310 e. The molecule has 2 rings (SSSR count). The van der Waals surface area contributed by atoms with Gasteiger partial charge in [-0.05, 0) is 43.4 Å². The third-order valence-electron chi connectivity index (χ3n) is 4.25. The number of pyridine rings is 1. The van der Waals surface area contributed by atoms with Crippen LogP contribution in [0.3, 0.4) is 0 Å². The Morgan fingerprint density at radius 3 is 2.81 bits per heavy atom. The van der Waals surface area contributed by atoms with Gasteiger partial charge in [-0.3, -0.25) is 4.98 Å². The normalized spacial score (nSPS) is 24.7. The average Bonchev–Trinajstić information content (AvgIpc) is 2.44. The standard InChI is InChI=1S/C15H23FN2O2S/c1-3-18-15(12-7-13(16)10-17-9-12)11-5-4-6-14(8-11)21(2,19)20/h7,9-11,14-15,18H,3-6,8H2,1-2H3. The van der Waals surface area contributed by atoms with E-state index in [9.17, 15) is 12.8 Å². The fourth-order valence-electron chi connectivity index (χ4n) is 3.25. The average molecular weight is 314 g/mol. The number of sulfone groups is 1. The predicted molar refractivity (Wildman–Crippen MR) is 81.2 cm³/mol. The van der Waals surface area contributed by atoms with Gasteiger partial charge in [0.2, 0.25) is 0 Å². The van der Waals surface area contributed by atoms with E-state index in [1.165, 1.54) is 18.5 Å². The monoisotopic (exact) mass is 314 g/mol. The van der Waals surface area contributed by atoms with E-state index in [0.29, 0.717) is 6.42 Å². The molecule has 3 atom stereocenters. The summed E-state index contributed by atoms with van der Waals surface area (Å²) in [6.07, 6.45) is 7.38. The molecule has 0 spiro atoms. The number of aromatic nitrogens is 1. The molecule has 0 aliphatic heterocycles. The van der Waals surface area contributed by atoms with E-state index >= 15 is 0 Å². The first-order valence-corrected chi connectivity index (χ1v) is 9.40. The molecule has 0 aromatic carbocycles. The molecule has 1 aliphatic rings. The Bertz CT molecular complexity index is 577. The van der Waals surface area contributed by atoms with Crippen molar-refractivity contribution in [3.63, 3.8) is 0 Å². The van der Waals surface area contributed by atoms with E-state index in [1.807, 2.05) is 6.92 Å². The third-order valence-corrected chi connectivity index (χ3v) is 5.89. The van der Waals surface area contributed by atoms with Crippen molar-refractivity contribution in [3.8, 4) is 0 Å². The van der Waals surface area contributed by atoms with Crippen molar-refractivity contribution >= 4 is 9.84 Å². The van der Waals surface area contributed by atoms with Crippen LogP contribution in [0.4, 0.5) is 4.39 Å². The zero-order valence-electron chi connectivity index (χ0n) is 12.5. The molecule has 1 aliphatic carbocycles. The Hall–Kier alpha value is -1.01. The van der Waals surface area contributed by atoms with E-state index in [4.69, 9.17) is 0 Å². The van der Waals surface area contributed by atoms with Gasteiger partial charge in [0.15, 0.2) is 0 Å². The zero-order valence-corrected chi connectivity index (χ0v) is 13.4. The Balaban J connectivity index is 2.22. The van der Waals surface area contributed by atoms with Crippen LogP contribution in [0.1, 0.15) is 44.2 Å². The summed E-state index contributed by atoms with van der Waals surface area (Å²) in [6, 6.07) is 1.45. The number of rotatable bonds is 5. The molecule has 4 nitrogen and oxygen atoms in total. The van der Waals surface area contributed by atoms with Crippen LogP contribution in [0, 0.1) is 11.7 Å². The molecule has 0 saturated heterocycles. The summed E-state index contributed by atoms with van der Waals surface area (Å²) in [5.41, 5.74) is 0.802. The predicted octanol–water partition coefficient (Wildman–Crippen LogP) is 2.47. The van der Waals surface area contributed by atoms with Gasteiger partial charge in [0.05, 0.1) is 11.4 Å². The number of hydrogen-bond acceptors (Lipinski definition) is 4. The zero-order chi connectivity index (χ0) is 15.5. The van der Waals surface area contributed by atoms with Crippen molar-refractivity contribution in [1.29, 1.82) is 0 Å². The summed E-state index contributed by atoms with van der Waals surface area (Å²) >= 11 is 0. The molecule has 0 radical (unpaired) electrons. The molecule has 1 fully saturated rings. The summed E-state index contributed by atoms with van der Waals surface area (Å²) in [5, 5.41) is 3.09. The van der Waals surface area contributed by atoms with Gasteiger partial charge in [0.25, 0.3) is 0 Å². The summed E-state index contributed by atoms with van der Waals surface area (Å²) in [6.45, 7) is 2.75. The topological polar surface area (TPSA) is 59.1 Å². The highest BCUT2D eigenvalue weighted by molar-refractivity contribution is 7.91. The largest absolute Gasteiger partial charge is 0.310 e. The van der Waals surface area contributed by atoms with Gasteiger partial charge in [-0.15, -0.1) is 0 Å². The smallest absolute Gasteiger partial charge is 0.150 e. The Morgan fingerprint density at radius 1 is 1.43 bits per heavy atom. The van der Waals surface area contributed by atoms with Crippen LogP contribution < -0.4 is 5.32 Å². The lowest BCUT2D eigenvalue weighted by Crippen LogP contribution is -2.35. The van der Waals surface area contributed by atoms with E-state index < -0.39 is 9.84 Å². The lowest BCUT2D eigenvalue weighted by molar-refractivity contribution is 0.274. The van der Waals surface area contributed by atoms with Crippen molar-refractivity contribution in [3.05, 3.63) is 29.8 Å². The van der Waals surface area contributed by atoms with Crippen molar-refractivity contribution in [2.24, 2.45) is 5.92 Å². The highest BCUT2D eigenvalue weighted by atomic mass is 32.2. The molecule has 0 amide bonds. The van der Waals surface area contributed by atoms with E-state index in [2.05, 4.69) is 10.3 Å². The quantitative estimate of drug-likeness (QED) is 0.907. The van der Waals surface area contributed by atoms with Crippen LogP contribution in [0.2, 0.25) is 0 Å². The fraction of sp³-hybridized carbons (Fsp3) is 0.667. The van der Waals surface area contributed by atoms with Gasteiger partial charge in [-0.2, -0.15) is 0 Å². The summed E-state index contributed by atoms with van der Waals surface area (Å²) in [4.78, 5) is 3.92. The molecule has 0 bridgehead atoms. The van der Waals surface area contributed by atoms with Crippen LogP contribution in [0.25, 0.3) is 0 Å². The minimum absolute atomic E-state index is 0.0391. The fourth-order valence-corrected chi connectivity index (χ4v) is 4.44. The molecule has 1 saturated carbocycles. The lowest BCUT2D eigenvalue weighted by atomic mass is 9.81. The number of halogens is 1. The summed E-state index contributed by atoms with van der Waals surface area (Å²) < 4.78 is 37.0. The van der Waals surface area contributed by atoms with Gasteiger partial charge >= 0.3 is 0 Å². The minimum atomic E-state index is -3.02. The summed E-state index contributed by atoms with van der Waals surface area (Å²) in [7, 11) is -3.02. The lowest BCUT2D eigenvalue weighted by Gasteiger charge is -2.34. The number of hydrogen-bond donors (Lipinski definition) is 1. The maximum absolute atomic E-state index is 13.4. The van der Waals surface area contributed by atoms with Gasteiger partial charge < -0.3 is 5.32 Å². The van der Waals surface area contributed by atoms with Gasteiger partial charge in [-0.1, -0.05) is 13.3 Å². The molecule has 1 heterocycles.